The van der Waals surface area contributed by atoms with Gasteiger partial charge in [0.25, 0.3) is 5.91 Å². The average molecular weight is 445 g/mol. The lowest BCUT2D eigenvalue weighted by Gasteiger charge is -2.27. The van der Waals surface area contributed by atoms with Crippen LogP contribution >= 0.6 is 11.6 Å². The molecule has 4 aromatic rings. The van der Waals surface area contributed by atoms with Crippen LogP contribution in [0.2, 0.25) is 5.02 Å². The Morgan fingerprint density at radius 3 is 2.41 bits per heavy atom. The second-order valence-corrected chi connectivity index (χ2v) is 8.06. The van der Waals surface area contributed by atoms with Crippen molar-refractivity contribution in [3.05, 3.63) is 94.8 Å². The molecular weight excluding hydrogens is 424 g/mol. The molecule has 1 amide bonds. The van der Waals surface area contributed by atoms with E-state index in [0.29, 0.717) is 23.9 Å². The van der Waals surface area contributed by atoms with E-state index >= 15 is 0 Å². The molecule has 1 aliphatic heterocycles. The highest BCUT2D eigenvalue weighted by atomic mass is 35.5. The SMILES string of the molecule is COc1ccc(-c2nc(C(=O)N3CCc4ccccc4C3)nn2-c2ccc(Cl)cc2)cc1. The first-order valence-electron chi connectivity index (χ1n) is 10.4. The van der Waals surface area contributed by atoms with Crippen molar-refractivity contribution in [3.8, 4) is 22.8 Å². The molecule has 5 rings (SSSR count). The third kappa shape index (κ3) is 3.85. The van der Waals surface area contributed by atoms with E-state index in [1.165, 1.54) is 11.1 Å². The maximum Gasteiger partial charge on any atom is 0.293 e. The summed E-state index contributed by atoms with van der Waals surface area (Å²) in [5, 5.41) is 5.23. The molecule has 0 saturated heterocycles. The van der Waals surface area contributed by atoms with Crippen molar-refractivity contribution in [2.24, 2.45) is 0 Å². The fraction of sp³-hybridized carbons (Fsp3) is 0.160. The third-order valence-corrected chi connectivity index (χ3v) is 5.89. The van der Waals surface area contributed by atoms with Crippen molar-refractivity contribution in [2.45, 2.75) is 13.0 Å². The molecule has 0 aliphatic carbocycles. The fourth-order valence-corrected chi connectivity index (χ4v) is 4.03. The summed E-state index contributed by atoms with van der Waals surface area (Å²) in [6, 6.07) is 23.0. The quantitative estimate of drug-likeness (QED) is 0.454. The van der Waals surface area contributed by atoms with Gasteiger partial charge in [-0.1, -0.05) is 35.9 Å². The summed E-state index contributed by atoms with van der Waals surface area (Å²) < 4.78 is 6.95. The highest BCUT2D eigenvalue weighted by Gasteiger charge is 2.26. The van der Waals surface area contributed by atoms with Crippen molar-refractivity contribution in [1.82, 2.24) is 19.7 Å². The summed E-state index contributed by atoms with van der Waals surface area (Å²) in [5.41, 5.74) is 4.06. The lowest BCUT2D eigenvalue weighted by atomic mass is 10.00. The Kier molecular flexibility index (Phi) is 5.37. The molecular formula is C25H21ClN4O2. The van der Waals surface area contributed by atoms with Gasteiger partial charge in [-0.25, -0.2) is 9.67 Å². The third-order valence-electron chi connectivity index (χ3n) is 5.64. The van der Waals surface area contributed by atoms with Gasteiger partial charge in [0.1, 0.15) is 5.75 Å². The molecule has 32 heavy (non-hydrogen) atoms. The number of carbonyl (C=O) groups is 1. The fourth-order valence-electron chi connectivity index (χ4n) is 3.90. The van der Waals surface area contributed by atoms with Gasteiger partial charge in [-0.2, -0.15) is 0 Å². The number of halogens is 1. The number of aromatic nitrogens is 3. The zero-order valence-electron chi connectivity index (χ0n) is 17.5. The largest absolute Gasteiger partial charge is 0.497 e. The lowest BCUT2D eigenvalue weighted by Crippen LogP contribution is -2.36. The topological polar surface area (TPSA) is 60.2 Å². The number of rotatable bonds is 4. The smallest absolute Gasteiger partial charge is 0.293 e. The molecule has 0 atom stereocenters. The van der Waals surface area contributed by atoms with E-state index in [1.54, 1.807) is 23.9 Å². The molecule has 3 aromatic carbocycles. The second kappa shape index (κ2) is 8.48. The first-order chi connectivity index (χ1) is 15.6. The summed E-state index contributed by atoms with van der Waals surface area (Å²) >= 11 is 6.07. The zero-order valence-corrected chi connectivity index (χ0v) is 18.3. The Labute approximate surface area is 191 Å². The van der Waals surface area contributed by atoms with E-state index in [4.69, 9.17) is 16.3 Å². The molecule has 1 aromatic heterocycles. The van der Waals surface area contributed by atoms with Crippen molar-refractivity contribution >= 4 is 17.5 Å². The molecule has 2 heterocycles. The molecule has 0 bridgehead atoms. The Morgan fingerprint density at radius 1 is 0.969 bits per heavy atom. The van der Waals surface area contributed by atoms with Gasteiger partial charge < -0.3 is 9.64 Å². The Bertz CT molecular complexity index is 1270. The highest BCUT2D eigenvalue weighted by molar-refractivity contribution is 6.30. The lowest BCUT2D eigenvalue weighted by molar-refractivity contribution is 0.0722. The number of fused-ring (bicyclic) bond motifs is 1. The molecule has 160 valence electrons. The first kappa shape index (κ1) is 20.3. The van der Waals surface area contributed by atoms with Gasteiger partial charge in [0, 0.05) is 23.7 Å². The van der Waals surface area contributed by atoms with Gasteiger partial charge >= 0.3 is 0 Å². The van der Waals surface area contributed by atoms with Crippen molar-refractivity contribution in [1.29, 1.82) is 0 Å². The number of methoxy groups -OCH3 is 1. The predicted molar refractivity (Wildman–Crippen MR) is 123 cm³/mol. The van der Waals surface area contributed by atoms with E-state index in [1.807, 2.05) is 53.4 Å². The summed E-state index contributed by atoms with van der Waals surface area (Å²) in [7, 11) is 1.62. The van der Waals surface area contributed by atoms with E-state index in [9.17, 15) is 4.79 Å². The molecule has 0 unspecified atom stereocenters. The molecule has 0 spiro atoms. The molecule has 0 N–H and O–H groups in total. The van der Waals surface area contributed by atoms with Crippen LogP contribution in [0.15, 0.2) is 72.8 Å². The van der Waals surface area contributed by atoms with Gasteiger partial charge in [0.05, 0.1) is 12.8 Å². The minimum atomic E-state index is -0.179. The summed E-state index contributed by atoms with van der Waals surface area (Å²) in [6.45, 7) is 1.20. The molecule has 0 fully saturated rings. The molecule has 0 saturated carbocycles. The van der Waals surface area contributed by atoms with Crippen molar-refractivity contribution < 1.29 is 9.53 Å². The molecule has 7 heteroatoms. The number of nitrogens with zero attached hydrogens (tertiary/aromatic N) is 4. The van der Waals surface area contributed by atoms with Crippen LogP contribution in [0, 0.1) is 0 Å². The van der Waals surface area contributed by atoms with Crippen molar-refractivity contribution in [3.63, 3.8) is 0 Å². The van der Waals surface area contributed by atoms with Crippen LogP contribution in [0.3, 0.4) is 0 Å². The molecule has 6 nitrogen and oxygen atoms in total. The van der Waals surface area contributed by atoms with Crippen LogP contribution in [-0.2, 0) is 13.0 Å². The van der Waals surface area contributed by atoms with Gasteiger partial charge in [-0.3, -0.25) is 4.79 Å². The van der Waals surface area contributed by atoms with Gasteiger partial charge in [-0.15, -0.1) is 5.10 Å². The summed E-state index contributed by atoms with van der Waals surface area (Å²) in [4.78, 5) is 19.8. The van der Waals surface area contributed by atoms with Gasteiger partial charge in [-0.05, 0) is 66.1 Å². The second-order valence-electron chi connectivity index (χ2n) is 7.62. The monoisotopic (exact) mass is 444 g/mol. The van der Waals surface area contributed by atoms with E-state index in [-0.39, 0.29) is 11.7 Å². The maximum atomic E-state index is 13.3. The Hall–Kier alpha value is -3.64. The molecule has 1 aliphatic rings. The first-order valence-corrected chi connectivity index (χ1v) is 10.7. The van der Waals surface area contributed by atoms with E-state index < -0.39 is 0 Å². The number of carbonyl (C=O) groups excluding carboxylic acids is 1. The van der Waals surface area contributed by atoms with Crippen LogP contribution in [0.4, 0.5) is 0 Å². The van der Waals surface area contributed by atoms with Crippen LogP contribution < -0.4 is 4.74 Å². The van der Waals surface area contributed by atoms with E-state index in [0.717, 1.165) is 23.4 Å². The number of hydrogen-bond donors (Lipinski definition) is 0. The van der Waals surface area contributed by atoms with Crippen LogP contribution in [0.5, 0.6) is 5.75 Å². The van der Waals surface area contributed by atoms with Crippen LogP contribution in [-0.4, -0.2) is 39.2 Å². The minimum absolute atomic E-state index is 0.171. The van der Waals surface area contributed by atoms with Crippen LogP contribution in [0.1, 0.15) is 21.7 Å². The highest BCUT2D eigenvalue weighted by Crippen LogP contribution is 2.26. The number of benzene rings is 3. The summed E-state index contributed by atoms with van der Waals surface area (Å²) in [6.07, 6.45) is 0.825. The zero-order chi connectivity index (χ0) is 22.1. The van der Waals surface area contributed by atoms with Crippen LogP contribution in [0.25, 0.3) is 17.1 Å². The Morgan fingerprint density at radius 2 is 1.69 bits per heavy atom. The van der Waals surface area contributed by atoms with Gasteiger partial charge in [0.15, 0.2) is 5.82 Å². The Balaban J connectivity index is 1.53. The predicted octanol–water partition coefficient (Wildman–Crippen LogP) is 4.79. The standard InChI is InChI=1S/C25H21ClN4O2/c1-32-22-12-6-18(7-13-22)24-27-23(28-30(24)21-10-8-20(26)9-11-21)25(31)29-15-14-17-4-2-3-5-19(17)16-29/h2-13H,14-16H2,1H3. The van der Waals surface area contributed by atoms with Crippen molar-refractivity contribution in [2.75, 3.05) is 13.7 Å². The van der Waals surface area contributed by atoms with Gasteiger partial charge in [0.2, 0.25) is 5.82 Å². The normalized spacial score (nSPS) is 13.0. The number of amides is 1. The number of hydrogen-bond acceptors (Lipinski definition) is 4. The average Bonchev–Trinajstić information content (AvgIpc) is 3.29. The number of ether oxygens (including phenoxy) is 1. The van der Waals surface area contributed by atoms with E-state index in [2.05, 4.69) is 22.2 Å². The molecule has 0 radical (unpaired) electrons. The minimum Gasteiger partial charge on any atom is -0.497 e. The maximum absolute atomic E-state index is 13.3. The summed E-state index contributed by atoms with van der Waals surface area (Å²) in [5.74, 6) is 1.32.